The first-order valence-electron chi connectivity index (χ1n) is 6.46. The molecule has 0 saturated heterocycles. The van der Waals surface area contributed by atoms with Gasteiger partial charge in [0, 0.05) is 6.04 Å². The number of benzene rings is 1. The second-order valence-electron chi connectivity index (χ2n) is 5.84. The molecule has 18 heavy (non-hydrogen) atoms. The Morgan fingerprint density at radius 3 is 2.78 bits per heavy atom. The highest BCUT2D eigenvalue weighted by molar-refractivity contribution is 5.90. The van der Waals surface area contributed by atoms with E-state index in [1.165, 1.54) is 11.1 Å². The molecule has 1 aliphatic heterocycles. The Labute approximate surface area is 109 Å². The lowest BCUT2D eigenvalue weighted by atomic mass is 9.93. The smallest absolute Gasteiger partial charge is 0.338 e. The SMILES string of the molecule is CC1NCCc2ccc(C(=O)OC(C)(C)C)cc21. The minimum absolute atomic E-state index is 0.247. The Bertz CT molecular complexity index is 460. The molecule has 98 valence electrons. The fraction of sp³-hybridized carbons (Fsp3) is 0.533. The standard InChI is InChI=1S/C15H21NO2/c1-10-13-9-12(14(17)18-15(2,3)4)6-5-11(13)7-8-16-10/h5-6,9-10,16H,7-8H2,1-4H3. The van der Waals surface area contributed by atoms with Gasteiger partial charge in [0.1, 0.15) is 5.60 Å². The molecule has 3 heteroatoms. The molecule has 0 fully saturated rings. The molecule has 1 atom stereocenters. The van der Waals surface area contributed by atoms with Gasteiger partial charge in [-0.25, -0.2) is 4.79 Å². The van der Waals surface area contributed by atoms with E-state index >= 15 is 0 Å². The largest absolute Gasteiger partial charge is 0.456 e. The summed E-state index contributed by atoms with van der Waals surface area (Å²) < 4.78 is 5.39. The van der Waals surface area contributed by atoms with Crippen LogP contribution < -0.4 is 5.32 Å². The monoisotopic (exact) mass is 247 g/mol. The zero-order chi connectivity index (χ0) is 13.3. The van der Waals surface area contributed by atoms with Crippen LogP contribution in [0.4, 0.5) is 0 Å². The van der Waals surface area contributed by atoms with Crippen molar-refractivity contribution in [2.75, 3.05) is 6.54 Å². The topological polar surface area (TPSA) is 38.3 Å². The summed E-state index contributed by atoms with van der Waals surface area (Å²) in [6, 6.07) is 6.17. The Kier molecular flexibility index (Phi) is 3.44. The molecule has 0 saturated carbocycles. The molecule has 0 radical (unpaired) electrons. The van der Waals surface area contributed by atoms with E-state index < -0.39 is 5.60 Å². The van der Waals surface area contributed by atoms with E-state index in [-0.39, 0.29) is 5.97 Å². The molecule has 0 bridgehead atoms. The summed E-state index contributed by atoms with van der Waals surface area (Å²) in [5.74, 6) is -0.247. The van der Waals surface area contributed by atoms with Gasteiger partial charge in [0.15, 0.2) is 0 Å². The van der Waals surface area contributed by atoms with Gasteiger partial charge in [-0.2, -0.15) is 0 Å². The second kappa shape index (κ2) is 4.73. The average molecular weight is 247 g/mol. The maximum absolute atomic E-state index is 12.0. The molecule has 1 aromatic carbocycles. The fourth-order valence-corrected chi connectivity index (χ4v) is 2.22. The van der Waals surface area contributed by atoms with Crippen molar-refractivity contribution in [1.29, 1.82) is 0 Å². The van der Waals surface area contributed by atoms with Crippen molar-refractivity contribution in [3.63, 3.8) is 0 Å². The summed E-state index contributed by atoms with van der Waals surface area (Å²) in [5.41, 5.74) is 2.73. The van der Waals surface area contributed by atoms with Crippen LogP contribution >= 0.6 is 0 Å². The van der Waals surface area contributed by atoms with Gasteiger partial charge in [-0.15, -0.1) is 0 Å². The van der Waals surface area contributed by atoms with Crippen LogP contribution in [-0.2, 0) is 11.2 Å². The minimum Gasteiger partial charge on any atom is -0.456 e. The number of esters is 1. The lowest BCUT2D eigenvalue weighted by molar-refractivity contribution is 0.00694. The first-order chi connectivity index (χ1) is 8.37. The van der Waals surface area contributed by atoms with Crippen LogP contribution in [0.1, 0.15) is 55.2 Å². The van der Waals surface area contributed by atoms with E-state index in [9.17, 15) is 4.79 Å². The highest BCUT2D eigenvalue weighted by Crippen LogP contribution is 2.24. The average Bonchev–Trinajstić information content (AvgIpc) is 2.27. The van der Waals surface area contributed by atoms with Crippen LogP contribution in [0.15, 0.2) is 18.2 Å². The maximum atomic E-state index is 12.0. The summed E-state index contributed by atoms with van der Waals surface area (Å²) in [6.45, 7) is 8.77. The Morgan fingerprint density at radius 2 is 2.11 bits per heavy atom. The molecule has 1 N–H and O–H groups in total. The van der Waals surface area contributed by atoms with Crippen LogP contribution in [0.25, 0.3) is 0 Å². The molecule has 0 aromatic heterocycles. The molecule has 0 aliphatic carbocycles. The number of hydrogen-bond donors (Lipinski definition) is 1. The summed E-state index contributed by atoms with van der Waals surface area (Å²) in [6.07, 6.45) is 1.02. The predicted octanol–water partition coefficient (Wildman–Crippen LogP) is 2.85. The molecule has 0 amide bonds. The number of carbonyl (C=O) groups excluding carboxylic acids is 1. The Morgan fingerprint density at radius 1 is 1.39 bits per heavy atom. The van der Waals surface area contributed by atoms with E-state index in [4.69, 9.17) is 4.74 Å². The molecule has 1 aliphatic rings. The van der Waals surface area contributed by atoms with E-state index in [0.717, 1.165) is 13.0 Å². The van der Waals surface area contributed by atoms with Crippen LogP contribution in [-0.4, -0.2) is 18.1 Å². The summed E-state index contributed by atoms with van der Waals surface area (Å²) in [7, 11) is 0. The van der Waals surface area contributed by atoms with Crippen LogP contribution in [0.3, 0.4) is 0 Å². The quantitative estimate of drug-likeness (QED) is 0.775. The highest BCUT2D eigenvalue weighted by Gasteiger charge is 2.21. The van der Waals surface area contributed by atoms with Gasteiger partial charge in [-0.05, 0) is 63.9 Å². The lowest BCUT2D eigenvalue weighted by Crippen LogP contribution is -2.28. The van der Waals surface area contributed by atoms with Gasteiger partial charge in [0.2, 0.25) is 0 Å². The van der Waals surface area contributed by atoms with Gasteiger partial charge in [0.25, 0.3) is 0 Å². The number of rotatable bonds is 1. The lowest BCUT2D eigenvalue weighted by Gasteiger charge is -2.25. The van der Waals surface area contributed by atoms with E-state index in [1.807, 2.05) is 39.0 Å². The Balaban J connectivity index is 2.25. The van der Waals surface area contributed by atoms with Gasteiger partial charge in [-0.3, -0.25) is 0 Å². The fourth-order valence-electron chi connectivity index (χ4n) is 2.22. The maximum Gasteiger partial charge on any atom is 0.338 e. The molecule has 1 heterocycles. The van der Waals surface area contributed by atoms with Crippen LogP contribution in [0.2, 0.25) is 0 Å². The van der Waals surface area contributed by atoms with Crippen LogP contribution in [0.5, 0.6) is 0 Å². The predicted molar refractivity (Wildman–Crippen MR) is 71.7 cm³/mol. The van der Waals surface area contributed by atoms with Gasteiger partial charge >= 0.3 is 5.97 Å². The number of ether oxygens (including phenoxy) is 1. The molecule has 1 unspecified atom stereocenters. The van der Waals surface area contributed by atoms with Crippen LogP contribution in [0, 0.1) is 0 Å². The first kappa shape index (κ1) is 13.1. The third kappa shape index (κ3) is 2.91. The van der Waals surface area contributed by atoms with Crippen molar-refractivity contribution >= 4 is 5.97 Å². The molecule has 0 spiro atoms. The number of fused-ring (bicyclic) bond motifs is 1. The van der Waals surface area contributed by atoms with Crippen molar-refractivity contribution in [3.05, 3.63) is 34.9 Å². The normalized spacial score (nSPS) is 19.2. The third-order valence-corrected chi connectivity index (χ3v) is 3.09. The van der Waals surface area contributed by atoms with E-state index in [2.05, 4.69) is 12.2 Å². The summed E-state index contributed by atoms with van der Waals surface area (Å²) in [4.78, 5) is 12.0. The van der Waals surface area contributed by atoms with Gasteiger partial charge in [0.05, 0.1) is 5.56 Å². The molecular weight excluding hydrogens is 226 g/mol. The highest BCUT2D eigenvalue weighted by atomic mass is 16.6. The van der Waals surface area contributed by atoms with E-state index in [0.29, 0.717) is 11.6 Å². The summed E-state index contributed by atoms with van der Waals surface area (Å²) >= 11 is 0. The van der Waals surface area contributed by atoms with Crippen molar-refractivity contribution in [2.24, 2.45) is 0 Å². The zero-order valence-electron chi connectivity index (χ0n) is 11.5. The van der Waals surface area contributed by atoms with Gasteiger partial charge in [-0.1, -0.05) is 6.07 Å². The van der Waals surface area contributed by atoms with Crippen molar-refractivity contribution in [1.82, 2.24) is 5.32 Å². The third-order valence-electron chi connectivity index (χ3n) is 3.09. The van der Waals surface area contributed by atoms with E-state index in [1.54, 1.807) is 0 Å². The Hall–Kier alpha value is -1.35. The van der Waals surface area contributed by atoms with Crippen molar-refractivity contribution < 1.29 is 9.53 Å². The van der Waals surface area contributed by atoms with Gasteiger partial charge < -0.3 is 10.1 Å². The molecule has 2 rings (SSSR count). The molecule has 3 nitrogen and oxygen atoms in total. The van der Waals surface area contributed by atoms with Crippen molar-refractivity contribution in [3.8, 4) is 0 Å². The number of carbonyl (C=O) groups is 1. The molecular formula is C15H21NO2. The number of nitrogens with one attached hydrogen (secondary N) is 1. The first-order valence-corrected chi connectivity index (χ1v) is 6.46. The number of hydrogen-bond acceptors (Lipinski definition) is 3. The minimum atomic E-state index is -0.448. The zero-order valence-corrected chi connectivity index (χ0v) is 11.5. The second-order valence-corrected chi connectivity index (χ2v) is 5.84. The van der Waals surface area contributed by atoms with Crippen molar-refractivity contribution in [2.45, 2.75) is 45.8 Å². The molecule has 1 aromatic rings. The summed E-state index contributed by atoms with van der Waals surface area (Å²) in [5, 5.41) is 3.40.